The Labute approximate surface area is 163 Å². The standard InChI is InChI=1S/C19H17F3N4O3/c1-12-7-8-15(29-12)17-14(10-26(25-17)13-5-3-2-4-6-13)18(28)23-9-16(27)24-11-19(20,21)22/h2-8,10H,9,11H2,1H3,(H,23,28)(H,24,27). The summed E-state index contributed by atoms with van der Waals surface area (Å²) in [7, 11) is 0. The normalized spacial score (nSPS) is 11.3. The summed E-state index contributed by atoms with van der Waals surface area (Å²) in [5.74, 6) is -0.657. The fraction of sp³-hybridized carbons (Fsp3) is 0.211. The first-order valence-corrected chi connectivity index (χ1v) is 8.56. The van der Waals surface area contributed by atoms with Crippen molar-refractivity contribution in [1.29, 1.82) is 0 Å². The smallest absolute Gasteiger partial charge is 0.405 e. The number of amides is 2. The van der Waals surface area contributed by atoms with Crippen molar-refractivity contribution >= 4 is 11.8 Å². The molecule has 2 heterocycles. The van der Waals surface area contributed by atoms with Gasteiger partial charge < -0.3 is 15.1 Å². The first-order chi connectivity index (χ1) is 13.7. The Balaban J connectivity index is 1.80. The molecule has 0 atom stereocenters. The molecular weight excluding hydrogens is 389 g/mol. The molecule has 0 saturated carbocycles. The second-order valence-corrected chi connectivity index (χ2v) is 6.16. The number of aromatic nitrogens is 2. The minimum absolute atomic E-state index is 0.117. The highest BCUT2D eigenvalue weighted by Crippen LogP contribution is 2.25. The Kier molecular flexibility index (Phi) is 5.71. The Morgan fingerprint density at radius 2 is 1.83 bits per heavy atom. The molecule has 0 saturated heterocycles. The van der Waals surface area contributed by atoms with Gasteiger partial charge in [0.05, 0.1) is 17.8 Å². The monoisotopic (exact) mass is 406 g/mol. The number of benzene rings is 1. The molecule has 0 spiro atoms. The molecule has 3 rings (SSSR count). The third-order valence-corrected chi connectivity index (χ3v) is 3.85. The van der Waals surface area contributed by atoms with Gasteiger partial charge in [-0.1, -0.05) is 18.2 Å². The van der Waals surface area contributed by atoms with Crippen molar-refractivity contribution in [1.82, 2.24) is 20.4 Å². The van der Waals surface area contributed by atoms with Crippen LogP contribution in [0.5, 0.6) is 0 Å². The molecule has 0 fully saturated rings. The molecule has 1 aromatic carbocycles. The molecule has 2 amide bonds. The van der Waals surface area contributed by atoms with Gasteiger partial charge in [-0.05, 0) is 31.2 Å². The molecule has 152 valence electrons. The summed E-state index contributed by atoms with van der Waals surface area (Å²) >= 11 is 0. The highest BCUT2D eigenvalue weighted by Gasteiger charge is 2.28. The van der Waals surface area contributed by atoms with E-state index in [9.17, 15) is 22.8 Å². The van der Waals surface area contributed by atoms with E-state index in [1.807, 2.05) is 6.07 Å². The third kappa shape index (κ3) is 5.24. The predicted octanol–water partition coefficient (Wildman–Crippen LogP) is 2.85. The number of para-hydroxylation sites is 1. The maximum absolute atomic E-state index is 12.6. The summed E-state index contributed by atoms with van der Waals surface area (Å²) in [4.78, 5) is 24.1. The van der Waals surface area contributed by atoms with Crippen molar-refractivity contribution in [3.8, 4) is 17.1 Å². The fourth-order valence-corrected chi connectivity index (χ4v) is 2.51. The number of furan rings is 1. The highest BCUT2D eigenvalue weighted by molar-refractivity contribution is 6.00. The van der Waals surface area contributed by atoms with Crippen molar-refractivity contribution in [3.63, 3.8) is 0 Å². The van der Waals surface area contributed by atoms with Crippen molar-refractivity contribution in [2.75, 3.05) is 13.1 Å². The SMILES string of the molecule is Cc1ccc(-c2nn(-c3ccccc3)cc2C(=O)NCC(=O)NCC(F)(F)F)o1. The lowest BCUT2D eigenvalue weighted by molar-refractivity contribution is -0.137. The number of carbonyl (C=O) groups excluding carboxylic acids is 2. The second-order valence-electron chi connectivity index (χ2n) is 6.16. The summed E-state index contributed by atoms with van der Waals surface area (Å²) in [6, 6.07) is 12.4. The summed E-state index contributed by atoms with van der Waals surface area (Å²) in [5.41, 5.74) is 1.06. The number of aryl methyl sites for hydroxylation is 1. The van der Waals surface area contributed by atoms with Crippen LogP contribution < -0.4 is 10.6 Å². The minimum atomic E-state index is -4.53. The maximum Gasteiger partial charge on any atom is 0.405 e. The third-order valence-electron chi connectivity index (χ3n) is 3.85. The Morgan fingerprint density at radius 3 is 2.45 bits per heavy atom. The van der Waals surface area contributed by atoms with Gasteiger partial charge in [-0.2, -0.15) is 18.3 Å². The van der Waals surface area contributed by atoms with Gasteiger partial charge in [-0.25, -0.2) is 4.68 Å². The molecule has 0 aliphatic carbocycles. The van der Waals surface area contributed by atoms with Gasteiger partial charge in [-0.15, -0.1) is 0 Å². The molecule has 10 heteroatoms. The number of halogens is 3. The van der Waals surface area contributed by atoms with Gasteiger partial charge in [-0.3, -0.25) is 9.59 Å². The van der Waals surface area contributed by atoms with Crippen LogP contribution in [0.2, 0.25) is 0 Å². The summed E-state index contributed by atoms with van der Waals surface area (Å²) in [6.45, 7) is -0.338. The van der Waals surface area contributed by atoms with Crippen LogP contribution >= 0.6 is 0 Å². The summed E-state index contributed by atoms with van der Waals surface area (Å²) in [6.07, 6.45) is -3.06. The number of nitrogens with one attached hydrogen (secondary N) is 2. The molecule has 3 aromatic rings. The van der Waals surface area contributed by atoms with E-state index in [1.54, 1.807) is 48.6 Å². The first kappa shape index (κ1) is 20.2. The van der Waals surface area contributed by atoms with Gasteiger partial charge in [0.25, 0.3) is 5.91 Å². The number of rotatable bonds is 6. The Bertz CT molecular complexity index is 1010. The van der Waals surface area contributed by atoms with E-state index in [0.29, 0.717) is 17.2 Å². The lowest BCUT2D eigenvalue weighted by Crippen LogP contribution is -2.40. The molecule has 0 unspecified atom stereocenters. The minimum Gasteiger partial charge on any atom is -0.460 e. The van der Waals surface area contributed by atoms with E-state index >= 15 is 0 Å². The number of carbonyl (C=O) groups is 2. The van der Waals surface area contributed by atoms with Crippen LogP contribution in [0, 0.1) is 6.92 Å². The Morgan fingerprint density at radius 1 is 1.10 bits per heavy atom. The molecule has 2 aromatic heterocycles. The largest absolute Gasteiger partial charge is 0.460 e. The summed E-state index contributed by atoms with van der Waals surface area (Å²) in [5, 5.41) is 8.39. The van der Waals surface area contributed by atoms with Crippen LogP contribution in [-0.4, -0.2) is 40.9 Å². The highest BCUT2D eigenvalue weighted by atomic mass is 19.4. The average Bonchev–Trinajstić information content (AvgIpc) is 3.31. The molecule has 7 nitrogen and oxygen atoms in total. The van der Waals surface area contributed by atoms with Crippen molar-refractivity contribution < 1.29 is 27.2 Å². The fourth-order valence-electron chi connectivity index (χ4n) is 2.51. The molecular formula is C19H17F3N4O3. The number of hydrogen-bond donors (Lipinski definition) is 2. The van der Waals surface area contributed by atoms with Gasteiger partial charge in [0, 0.05) is 6.20 Å². The van der Waals surface area contributed by atoms with E-state index in [-0.39, 0.29) is 11.3 Å². The van der Waals surface area contributed by atoms with E-state index in [2.05, 4.69) is 10.4 Å². The maximum atomic E-state index is 12.6. The number of nitrogens with zero attached hydrogens (tertiary/aromatic N) is 2. The van der Waals surface area contributed by atoms with Crippen molar-refractivity contribution in [3.05, 3.63) is 60.0 Å². The molecule has 2 N–H and O–H groups in total. The van der Waals surface area contributed by atoms with Gasteiger partial charge in [0.15, 0.2) is 5.76 Å². The Hall–Kier alpha value is -3.56. The second kappa shape index (κ2) is 8.21. The van der Waals surface area contributed by atoms with E-state index in [4.69, 9.17) is 4.42 Å². The van der Waals surface area contributed by atoms with Crippen LogP contribution in [0.4, 0.5) is 13.2 Å². The van der Waals surface area contributed by atoms with Crippen molar-refractivity contribution in [2.45, 2.75) is 13.1 Å². The molecule has 0 aliphatic heterocycles. The van der Waals surface area contributed by atoms with Crippen LogP contribution in [0.3, 0.4) is 0 Å². The van der Waals surface area contributed by atoms with Crippen LogP contribution in [-0.2, 0) is 4.79 Å². The summed E-state index contributed by atoms with van der Waals surface area (Å²) < 4.78 is 43.5. The first-order valence-electron chi connectivity index (χ1n) is 8.56. The van der Waals surface area contributed by atoms with E-state index in [1.165, 1.54) is 10.9 Å². The molecule has 0 radical (unpaired) electrons. The lowest BCUT2D eigenvalue weighted by Gasteiger charge is -2.09. The topological polar surface area (TPSA) is 89.2 Å². The van der Waals surface area contributed by atoms with Crippen LogP contribution in [0.15, 0.2) is 53.1 Å². The van der Waals surface area contributed by atoms with Gasteiger partial charge in [0.2, 0.25) is 5.91 Å². The van der Waals surface area contributed by atoms with Crippen LogP contribution in [0.1, 0.15) is 16.1 Å². The lowest BCUT2D eigenvalue weighted by atomic mass is 10.2. The zero-order valence-corrected chi connectivity index (χ0v) is 15.3. The van der Waals surface area contributed by atoms with Crippen molar-refractivity contribution in [2.24, 2.45) is 0 Å². The zero-order valence-electron chi connectivity index (χ0n) is 15.3. The van der Waals surface area contributed by atoms with E-state index in [0.717, 1.165) is 0 Å². The van der Waals surface area contributed by atoms with Gasteiger partial charge in [0.1, 0.15) is 18.0 Å². The number of hydrogen-bond acceptors (Lipinski definition) is 4. The average molecular weight is 406 g/mol. The predicted molar refractivity (Wildman–Crippen MR) is 97.4 cm³/mol. The quantitative estimate of drug-likeness (QED) is 0.659. The molecule has 0 bridgehead atoms. The van der Waals surface area contributed by atoms with E-state index < -0.39 is 31.1 Å². The zero-order chi connectivity index (χ0) is 21.0. The van der Waals surface area contributed by atoms with Crippen LogP contribution in [0.25, 0.3) is 17.1 Å². The van der Waals surface area contributed by atoms with Gasteiger partial charge >= 0.3 is 6.18 Å². The number of alkyl halides is 3. The molecule has 0 aliphatic rings. The molecule has 29 heavy (non-hydrogen) atoms.